The maximum Gasteiger partial charge on any atom is 0.387 e. The molecule has 0 N–H and O–H groups in total. The van der Waals surface area contributed by atoms with E-state index in [1.54, 1.807) is 6.07 Å². The molecule has 0 radical (unpaired) electrons. The SMILES string of the molecule is CCCCCCCCc1ccc(-c2ccc(OC(F)F)cc2)c(F)c1F. The smallest absolute Gasteiger partial charge is 0.387 e. The van der Waals surface area contributed by atoms with Crippen molar-refractivity contribution in [1.29, 1.82) is 0 Å². The largest absolute Gasteiger partial charge is 0.435 e. The van der Waals surface area contributed by atoms with Crippen molar-refractivity contribution in [3.05, 3.63) is 53.6 Å². The number of hydrogen-bond donors (Lipinski definition) is 0. The molecule has 142 valence electrons. The number of benzene rings is 2. The van der Waals surface area contributed by atoms with Gasteiger partial charge in [-0.3, -0.25) is 0 Å². The normalized spacial score (nSPS) is 11.2. The van der Waals surface area contributed by atoms with Crippen LogP contribution in [-0.2, 0) is 6.42 Å². The number of unbranched alkanes of at least 4 members (excludes halogenated alkanes) is 5. The van der Waals surface area contributed by atoms with Gasteiger partial charge in [0.2, 0.25) is 0 Å². The number of rotatable bonds is 10. The molecule has 0 aliphatic rings. The molecule has 0 saturated carbocycles. The summed E-state index contributed by atoms with van der Waals surface area (Å²) in [6, 6.07) is 8.62. The van der Waals surface area contributed by atoms with E-state index in [0.29, 0.717) is 17.5 Å². The molecule has 0 fully saturated rings. The summed E-state index contributed by atoms with van der Waals surface area (Å²) in [4.78, 5) is 0. The Morgan fingerprint density at radius 1 is 0.808 bits per heavy atom. The van der Waals surface area contributed by atoms with Crippen LogP contribution in [0, 0.1) is 11.6 Å². The third-order valence-electron chi connectivity index (χ3n) is 4.35. The average Bonchev–Trinajstić information content (AvgIpc) is 2.62. The Balaban J connectivity index is 2.02. The number of aryl methyl sites for hydroxylation is 1. The molecule has 0 atom stereocenters. The van der Waals surface area contributed by atoms with E-state index in [4.69, 9.17) is 0 Å². The molecule has 5 heteroatoms. The molecule has 1 nitrogen and oxygen atoms in total. The molecule has 0 bridgehead atoms. The van der Waals surface area contributed by atoms with Crippen molar-refractivity contribution in [3.8, 4) is 16.9 Å². The van der Waals surface area contributed by atoms with Crippen molar-refractivity contribution in [3.63, 3.8) is 0 Å². The van der Waals surface area contributed by atoms with E-state index in [1.165, 1.54) is 49.6 Å². The summed E-state index contributed by atoms with van der Waals surface area (Å²) in [5.74, 6) is -1.76. The Bertz CT molecular complexity index is 683. The van der Waals surface area contributed by atoms with Crippen LogP contribution in [0.15, 0.2) is 36.4 Å². The predicted octanol–water partition coefficient (Wildman–Crippen LogP) is 7.14. The van der Waals surface area contributed by atoms with E-state index in [-0.39, 0.29) is 11.3 Å². The monoisotopic (exact) mass is 368 g/mol. The summed E-state index contributed by atoms with van der Waals surface area (Å²) in [6.07, 6.45) is 7.03. The van der Waals surface area contributed by atoms with Crippen LogP contribution >= 0.6 is 0 Å². The number of ether oxygens (including phenoxy) is 1. The fraction of sp³-hybridized carbons (Fsp3) is 0.429. The first-order valence-corrected chi connectivity index (χ1v) is 9.05. The van der Waals surface area contributed by atoms with Crippen LogP contribution in [0.3, 0.4) is 0 Å². The predicted molar refractivity (Wildman–Crippen MR) is 95.5 cm³/mol. The van der Waals surface area contributed by atoms with Gasteiger partial charge in [-0.25, -0.2) is 8.78 Å². The molecule has 2 aromatic carbocycles. The van der Waals surface area contributed by atoms with Gasteiger partial charge in [-0.2, -0.15) is 8.78 Å². The zero-order valence-electron chi connectivity index (χ0n) is 14.9. The first-order chi connectivity index (χ1) is 12.5. The second-order valence-corrected chi connectivity index (χ2v) is 6.32. The Kier molecular flexibility index (Phi) is 7.95. The first kappa shape index (κ1) is 20.3. The maximum absolute atomic E-state index is 14.4. The van der Waals surface area contributed by atoms with Gasteiger partial charge in [0, 0.05) is 5.56 Å². The van der Waals surface area contributed by atoms with Crippen molar-refractivity contribution in [2.24, 2.45) is 0 Å². The molecule has 0 aliphatic carbocycles. The van der Waals surface area contributed by atoms with Crippen molar-refractivity contribution >= 4 is 0 Å². The van der Waals surface area contributed by atoms with Crippen LogP contribution in [0.2, 0.25) is 0 Å². The van der Waals surface area contributed by atoms with E-state index in [0.717, 1.165) is 19.3 Å². The van der Waals surface area contributed by atoms with Crippen molar-refractivity contribution in [2.75, 3.05) is 0 Å². The Morgan fingerprint density at radius 3 is 2.12 bits per heavy atom. The van der Waals surface area contributed by atoms with Gasteiger partial charge in [0.1, 0.15) is 5.75 Å². The maximum atomic E-state index is 14.4. The highest BCUT2D eigenvalue weighted by molar-refractivity contribution is 5.65. The van der Waals surface area contributed by atoms with Crippen LogP contribution in [0.5, 0.6) is 5.75 Å². The lowest BCUT2D eigenvalue weighted by Crippen LogP contribution is -2.01. The summed E-state index contributed by atoms with van der Waals surface area (Å²) in [7, 11) is 0. The second-order valence-electron chi connectivity index (χ2n) is 6.32. The minimum Gasteiger partial charge on any atom is -0.435 e. The summed E-state index contributed by atoms with van der Waals surface area (Å²) < 4.78 is 57.3. The molecule has 2 rings (SSSR count). The molecule has 0 spiro atoms. The minimum atomic E-state index is -2.92. The van der Waals surface area contributed by atoms with Gasteiger partial charge in [0.15, 0.2) is 11.6 Å². The van der Waals surface area contributed by atoms with E-state index in [2.05, 4.69) is 11.7 Å². The standard InChI is InChI=1S/C21H24F4O/c1-2-3-4-5-6-7-8-16-11-14-18(20(23)19(16)22)15-9-12-17(13-10-15)26-21(24)25/h9-14,21H,2-8H2,1H3. The average molecular weight is 368 g/mol. The topological polar surface area (TPSA) is 9.23 Å². The van der Waals surface area contributed by atoms with Crippen LogP contribution < -0.4 is 4.74 Å². The Morgan fingerprint density at radius 2 is 1.46 bits per heavy atom. The van der Waals surface area contributed by atoms with E-state index < -0.39 is 18.2 Å². The molecule has 26 heavy (non-hydrogen) atoms. The summed E-state index contributed by atoms with van der Waals surface area (Å²) in [6.45, 7) is -0.768. The van der Waals surface area contributed by atoms with Crippen molar-refractivity contribution in [2.45, 2.75) is 58.5 Å². The number of hydrogen-bond acceptors (Lipinski definition) is 1. The molecular weight excluding hydrogens is 344 g/mol. The molecule has 0 aliphatic heterocycles. The molecule has 0 aromatic heterocycles. The quantitative estimate of drug-likeness (QED) is 0.320. The number of alkyl halides is 2. The zero-order valence-corrected chi connectivity index (χ0v) is 14.9. The lowest BCUT2D eigenvalue weighted by atomic mass is 9.99. The van der Waals surface area contributed by atoms with Gasteiger partial charge in [-0.15, -0.1) is 0 Å². The van der Waals surface area contributed by atoms with E-state index in [1.807, 2.05) is 0 Å². The second kappa shape index (κ2) is 10.2. The van der Waals surface area contributed by atoms with E-state index in [9.17, 15) is 17.6 Å². The van der Waals surface area contributed by atoms with Gasteiger partial charge in [-0.05, 0) is 36.1 Å². The fourth-order valence-corrected chi connectivity index (χ4v) is 2.92. The van der Waals surface area contributed by atoms with Crippen molar-refractivity contribution in [1.82, 2.24) is 0 Å². The van der Waals surface area contributed by atoms with Crippen LogP contribution in [0.1, 0.15) is 51.0 Å². The van der Waals surface area contributed by atoms with Crippen LogP contribution in [0.4, 0.5) is 17.6 Å². The van der Waals surface area contributed by atoms with Gasteiger partial charge in [-0.1, -0.05) is 63.3 Å². The summed E-state index contributed by atoms with van der Waals surface area (Å²) in [5.41, 5.74) is 0.895. The Labute approximate surface area is 152 Å². The highest BCUT2D eigenvalue weighted by Crippen LogP contribution is 2.29. The number of halogens is 4. The highest BCUT2D eigenvalue weighted by Gasteiger charge is 2.15. The minimum absolute atomic E-state index is 0.0238. The van der Waals surface area contributed by atoms with Crippen LogP contribution in [0.25, 0.3) is 11.1 Å². The summed E-state index contributed by atoms with van der Waals surface area (Å²) >= 11 is 0. The zero-order chi connectivity index (χ0) is 18.9. The third-order valence-corrected chi connectivity index (χ3v) is 4.35. The van der Waals surface area contributed by atoms with Gasteiger partial charge >= 0.3 is 6.61 Å². The Hall–Kier alpha value is -2.04. The van der Waals surface area contributed by atoms with Gasteiger partial charge < -0.3 is 4.74 Å². The van der Waals surface area contributed by atoms with E-state index >= 15 is 0 Å². The molecule has 0 heterocycles. The molecule has 2 aromatic rings. The highest BCUT2D eigenvalue weighted by atomic mass is 19.3. The lowest BCUT2D eigenvalue weighted by Gasteiger charge is -2.10. The fourth-order valence-electron chi connectivity index (χ4n) is 2.92. The van der Waals surface area contributed by atoms with Gasteiger partial charge in [0.05, 0.1) is 0 Å². The molecule has 0 amide bonds. The summed E-state index contributed by atoms with van der Waals surface area (Å²) in [5, 5.41) is 0. The molecular formula is C21H24F4O. The first-order valence-electron chi connectivity index (χ1n) is 9.05. The molecule has 0 saturated heterocycles. The third kappa shape index (κ3) is 5.75. The molecule has 0 unspecified atom stereocenters. The van der Waals surface area contributed by atoms with Gasteiger partial charge in [0.25, 0.3) is 0 Å². The van der Waals surface area contributed by atoms with Crippen LogP contribution in [-0.4, -0.2) is 6.61 Å². The van der Waals surface area contributed by atoms with Crippen molar-refractivity contribution < 1.29 is 22.3 Å². The lowest BCUT2D eigenvalue weighted by molar-refractivity contribution is -0.0498.